The van der Waals surface area contributed by atoms with E-state index in [1.807, 2.05) is 0 Å². The van der Waals surface area contributed by atoms with Gasteiger partial charge in [-0.3, -0.25) is 0 Å². The summed E-state index contributed by atoms with van der Waals surface area (Å²) in [4.78, 5) is 0. The lowest BCUT2D eigenvalue weighted by molar-refractivity contribution is -0.245. The van der Waals surface area contributed by atoms with Crippen LogP contribution >= 0.6 is 0 Å². The normalized spacial score (nSPS) is 14.0. The van der Waals surface area contributed by atoms with Crippen LogP contribution in [-0.4, -0.2) is 30.4 Å². The minimum Gasteiger partial charge on any atom is -0.348 e. The first kappa shape index (κ1) is 6.10. The molecule has 4 heteroatoms. The van der Waals surface area contributed by atoms with Crippen LogP contribution in [0.25, 0.3) is 0 Å². The molecule has 0 aliphatic carbocycles. The van der Waals surface area contributed by atoms with E-state index in [1.54, 1.807) is 6.55 Å². The second-order valence-corrected chi connectivity index (χ2v) is 2.78. The highest BCUT2D eigenvalue weighted by atomic mass is 28.2. The van der Waals surface area contributed by atoms with Gasteiger partial charge in [0, 0.05) is 0 Å². The summed E-state index contributed by atoms with van der Waals surface area (Å²) < 4.78 is 0. The van der Waals surface area contributed by atoms with Crippen molar-refractivity contribution in [1.29, 1.82) is 0 Å². The average Bonchev–Trinajstić information content (AvgIpc) is 1.35. The lowest BCUT2D eigenvalue weighted by Crippen LogP contribution is -2.32. The third-order valence-corrected chi connectivity index (χ3v) is 1.42. The fourth-order valence-corrected chi connectivity index (χ4v) is 0. The van der Waals surface area contributed by atoms with E-state index in [-0.39, 0.29) is 0 Å². The molecule has 0 aromatic carbocycles. The zero-order valence-corrected chi connectivity index (χ0v) is 4.96. The molecule has 0 radical (unpaired) electrons. The molecule has 0 fully saturated rings. The standard InChI is InChI=1S/C2H8O3Si/c1-6-2(3,4)5/h3-5H,6H2,1H3. The van der Waals surface area contributed by atoms with Gasteiger partial charge in [-0.25, -0.2) is 0 Å². The van der Waals surface area contributed by atoms with Crippen molar-refractivity contribution >= 4 is 9.52 Å². The number of hydrogen-bond donors (Lipinski definition) is 3. The molecule has 3 nitrogen and oxygen atoms in total. The van der Waals surface area contributed by atoms with Crippen molar-refractivity contribution in [3.63, 3.8) is 0 Å². The lowest BCUT2D eigenvalue weighted by atomic mass is 11.3. The summed E-state index contributed by atoms with van der Waals surface area (Å²) in [5.74, 6) is 0. The van der Waals surface area contributed by atoms with E-state index in [0.29, 0.717) is 0 Å². The van der Waals surface area contributed by atoms with Crippen LogP contribution in [0.3, 0.4) is 0 Å². The maximum atomic E-state index is 8.00. The Hall–Kier alpha value is 0.0969. The summed E-state index contributed by atoms with van der Waals surface area (Å²) in [5.41, 5.74) is -2.32. The van der Waals surface area contributed by atoms with Crippen LogP contribution in [0.5, 0.6) is 0 Å². The Balaban J connectivity index is 3.17. The molecule has 0 unspecified atom stereocenters. The van der Waals surface area contributed by atoms with E-state index in [1.165, 1.54) is 0 Å². The molecule has 3 N–H and O–H groups in total. The quantitative estimate of drug-likeness (QED) is 0.264. The summed E-state index contributed by atoms with van der Waals surface area (Å²) >= 11 is 0. The first-order valence-corrected chi connectivity index (χ1v) is 3.85. The monoisotopic (exact) mass is 108 g/mol. The van der Waals surface area contributed by atoms with Crippen molar-refractivity contribution in [2.75, 3.05) is 0 Å². The fourth-order valence-electron chi connectivity index (χ4n) is 0. The van der Waals surface area contributed by atoms with Gasteiger partial charge in [0.1, 0.15) is 9.52 Å². The summed E-state index contributed by atoms with van der Waals surface area (Å²) in [5, 5.41) is 24.0. The molecule has 0 rings (SSSR count). The van der Waals surface area contributed by atoms with Crippen LogP contribution in [0.2, 0.25) is 6.55 Å². The Morgan fingerprint density at radius 3 is 1.50 bits per heavy atom. The first-order valence-electron chi connectivity index (χ1n) is 1.73. The van der Waals surface area contributed by atoms with Gasteiger partial charge >= 0.3 is 0 Å². The molecule has 0 aliphatic rings. The minimum atomic E-state index is -2.32. The molecule has 0 heterocycles. The molecule has 0 amide bonds. The van der Waals surface area contributed by atoms with Gasteiger partial charge in [0.25, 0.3) is 0 Å². The van der Waals surface area contributed by atoms with E-state index in [2.05, 4.69) is 0 Å². The maximum Gasteiger partial charge on any atom is 0.241 e. The topological polar surface area (TPSA) is 60.7 Å². The predicted octanol–water partition coefficient (Wildman–Crippen LogP) is -2.21. The van der Waals surface area contributed by atoms with Crippen molar-refractivity contribution in [2.24, 2.45) is 0 Å². The molecule has 6 heavy (non-hydrogen) atoms. The molecule has 0 atom stereocenters. The summed E-state index contributed by atoms with van der Waals surface area (Å²) in [7, 11) is -1.08. The zero-order chi connectivity index (χ0) is 5.21. The smallest absolute Gasteiger partial charge is 0.241 e. The van der Waals surface area contributed by atoms with Crippen molar-refractivity contribution in [1.82, 2.24) is 0 Å². The van der Waals surface area contributed by atoms with Crippen LogP contribution in [0.1, 0.15) is 0 Å². The first-order chi connectivity index (χ1) is 2.56. The van der Waals surface area contributed by atoms with E-state index in [9.17, 15) is 0 Å². The molecule has 0 aliphatic heterocycles. The van der Waals surface area contributed by atoms with Gasteiger partial charge in [-0.05, 0) is 0 Å². The number of hydrogen-bond acceptors (Lipinski definition) is 3. The second-order valence-electron chi connectivity index (χ2n) is 1.13. The molecule has 0 bridgehead atoms. The maximum absolute atomic E-state index is 8.00. The second kappa shape index (κ2) is 1.70. The van der Waals surface area contributed by atoms with Gasteiger partial charge < -0.3 is 15.3 Å². The van der Waals surface area contributed by atoms with Gasteiger partial charge in [-0.15, -0.1) is 0 Å². The molecular formula is C2H8O3Si. The molecule has 0 spiro atoms. The Bertz CT molecular complexity index is 38.5. The zero-order valence-electron chi connectivity index (χ0n) is 3.55. The van der Waals surface area contributed by atoms with E-state index in [0.717, 1.165) is 0 Å². The molecular weight excluding hydrogens is 100 g/mol. The molecule has 0 aromatic rings. The van der Waals surface area contributed by atoms with Crippen LogP contribution < -0.4 is 0 Å². The largest absolute Gasteiger partial charge is 0.348 e. The molecule has 0 aromatic heterocycles. The van der Waals surface area contributed by atoms with Crippen LogP contribution in [0.15, 0.2) is 0 Å². The third kappa shape index (κ3) is 4.10. The summed E-state index contributed by atoms with van der Waals surface area (Å²) in [6.45, 7) is 1.60. The highest BCUT2D eigenvalue weighted by molar-refractivity contribution is 6.35. The van der Waals surface area contributed by atoms with Gasteiger partial charge in [0.15, 0.2) is 0 Å². The van der Waals surface area contributed by atoms with Crippen LogP contribution in [0.4, 0.5) is 0 Å². The lowest BCUT2D eigenvalue weighted by Gasteiger charge is -2.08. The highest BCUT2D eigenvalue weighted by Gasteiger charge is 2.12. The Labute approximate surface area is 38.1 Å². The Morgan fingerprint density at radius 2 is 1.50 bits per heavy atom. The van der Waals surface area contributed by atoms with Gasteiger partial charge in [-0.2, -0.15) is 0 Å². The summed E-state index contributed by atoms with van der Waals surface area (Å²) in [6, 6.07) is 0. The summed E-state index contributed by atoms with van der Waals surface area (Å²) in [6.07, 6.45) is 0. The molecule has 38 valence electrons. The van der Waals surface area contributed by atoms with Crippen LogP contribution in [-0.2, 0) is 0 Å². The van der Waals surface area contributed by atoms with Crippen LogP contribution in [0, 0.1) is 0 Å². The Kier molecular flexibility index (Phi) is 1.73. The molecule has 0 saturated heterocycles. The van der Waals surface area contributed by atoms with Crippen molar-refractivity contribution in [2.45, 2.75) is 12.1 Å². The van der Waals surface area contributed by atoms with E-state index < -0.39 is 15.1 Å². The van der Waals surface area contributed by atoms with Crippen molar-refractivity contribution in [3.8, 4) is 0 Å². The van der Waals surface area contributed by atoms with E-state index >= 15 is 0 Å². The van der Waals surface area contributed by atoms with Gasteiger partial charge in [0.2, 0.25) is 5.60 Å². The number of aliphatic hydroxyl groups is 3. The SMILES string of the molecule is C[SiH2]C(O)(O)O. The minimum absolute atomic E-state index is 1.08. The highest BCUT2D eigenvalue weighted by Crippen LogP contribution is 1.84. The molecule has 0 saturated carbocycles. The average molecular weight is 108 g/mol. The van der Waals surface area contributed by atoms with E-state index in [4.69, 9.17) is 15.3 Å². The Morgan fingerprint density at radius 1 is 1.33 bits per heavy atom. The third-order valence-electron chi connectivity index (χ3n) is 0.474. The van der Waals surface area contributed by atoms with Crippen molar-refractivity contribution in [3.05, 3.63) is 0 Å². The van der Waals surface area contributed by atoms with Gasteiger partial charge in [-0.1, -0.05) is 6.55 Å². The fraction of sp³-hybridized carbons (Fsp3) is 1.00. The van der Waals surface area contributed by atoms with Gasteiger partial charge in [0.05, 0.1) is 0 Å². The van der Waals surface area contributed by atoms with Crippen molar-refractivity contribution < 1.29 is 15.3 Å². The predicted molar refractivity (Wildman–Crippen MR) is 23.8 cm³/mol. The number of rotatable bonds is 1.